The molecule has 0 aliphatic heterocycles. The number of amides is 2. The molecular formula is C29H40N2O5. The van der Waals surface area contributed by atoms with E-state index in [0.717, 1.165) is 49.7 Å². The van der Waals surface area contributed by atoms with Crippen LogP contribution < -0.4 is 10.6 Å². The van der Waals surface area contributed by atoms with Gasteiger partial charge < -0.3 is 15.4 Å². The third-order valence-corrected chi connectivity index (χ3v) is 8.36. The van der Waals surface area contributed by atoms with Crippen molar-refractivity contribution in [1.29, 1.82) is 0 Å². The van der Waals surface area contributed by atoms with Crippen LogP contribution >= 0.6 is 0 Å². The first kappa shape index (κ1) is 26.4. The normalized spacial score (nSPS) is 27.8. The summed E-state index contributed by atoms with van der Waals surface area (Å²) in [6, 6.07) is 7.37. The van der Waals surface area contributed by atoms with E-state index < -0.39 is 29.7 Å². The average molecular weight is 497 g/mol. The number of carbonyl (C=O) groups excluding carboxylic acids is 4. The highest BCUT2D eigenvalue weighted by molar-refractivity contribution is 6.36. The minimum absolute atomic E-state index is 0.0778. The van der Waals surface area contributed by atoms with Crippen LogP contribution in [0.3, 0.4) is 0 Å². The Morgan fingerprint density at radius 3 is 2.03 bits per heavy atom. The molecule has 2 amide bonds. The van der Waals surface area contributed by atoms with Crippen molar-refractivity contribution in [1.82, 2.24) is 10.6 Å². The molecule has 4 fully saturated rings. The Morgan fingerprint density at radius 2 is 1.50 bits per heavy atom. The van der Waals surface area contributed by atoms with Crippen molar-refractivity contribution in [3.05, 3.63) is 35.9 Å². The Morgan fingerprint density at radius 1 is 0.917 bits per heavy atom. The first-order valence-corrected chi connectivity index (χ1v) is 13.4. The highest BCUT2D eigenvalue weighted by atomic mass is 16.5. The standard InChI is InChI=1S/C29H40N2O5/c1-18(2)9-24(30-25(32)17-29-14-20-10-21(15-29)12-22(11-20)16-29)27(34)31-23(26(33)28(35)36-3)13-19-7-5-4-6-8-19/h4-8,18,20-24H,9-17H2,1-3H3,(H,30,32)(H,31,34)/t20?,21?,22?,23-,24-,29?/m0/s1. The fourth-order valence-electron chi connectivity index (χ4n) is 7.37. The molecule has 4 aliphatic carbocycles. The minimum atomic E-state index is -1.07. The molecule has 0 unspecified atom stereocenters. The largest absolute Gasteiger partial charge is 0.463 e. The first-order chi connectivity index (χ1) is 17.2. The van der Waals surface area contributed by atoms with Gasteiger partial charge >= 0.3 is 5.97 Å². The summed E-state index contributed by atoms with van der Waals surface area (Å²) in [4.78, 5) is 51.4. The van der Waals surface area contributed by atoms with Crippen LogP contribution in [0.2, 0.25) is 0 Å². The summed E-state index contributed by atoms with van der Waals surface area (Å²) in [7, 11) is 1.15. The van der Waals surface area contributed by atoms with Crippen LogP contribution in [-0.2, 0) is 30.3 Å². The lowest BCUT2D eigenvalue weighted by Gasteiger charge is -2.56. The van der Waals surface area contributed by atoms with Gasteiger partial charge in [-0.25, -0.2) is 4.79 Å². The van der Waals surface area contributed by atoms with Gasteiger partial charge in [0.1, 0.15) is 12.1 Å². The van der Waals surface area contributed by atoms with Crippen molar-refractivity contribution in [2.45, 2.75) is 83.7 Å². The van der Waals surface area contributed by atoms with Gasteiger partial charge in [-0.15, -0.1) is 0 Å². The predicted molar refractivity (Wildman–Crippen MR) is 136 cm³/mol. The van der Waals surface area contributed by atoms with Crippen LogP contribution in [-0.4, -0.2) is 42.8 Å². The van der Waals surface area contributed by atoms with E-state index >= 15 is 0 Å². The van der Waals surface area contributed by atoms with Crippen LogP contribution in [0.4, 0.5) is 0 Å². The summed E-state index contributed by atoms with van der Waals surface area (Å²) in [5.41, 5.74) is 0.889. The molecule has 7 heteroatoms. The average Bonchev–Trinajstić information content (AvgIpc) is 2.81. The zero-order chi connectivity index (χ0) is 25.9. The summed E-state index contributed by atoms with van der Waals surface area (Å²) in [5, 5.41) is 5.74. The van der Waals surface area contributed by atoms with E-state index in [1.165, 1.54) is 19.3 Å². The summed E-state index contributed by atoms with van der Waals surface area (Å²) < 4.78 is 4.63. The maximum absolute atomic E-state index is 13.4. The number of benzene rings is 1. The number of hydrogen-bond acceptors (Lipinski definition) is 5. The molecule has 7 nitrogen and oxygen atoms in total. The van der Waals surface area contributed by atoms with Crippen LogP contribution in [0.15, 0.2) is 30.3 Å². The van der Waals surface area contributed by atoms with Gasteiger partial charge in [0.25, 0.3) is 5.78 Å². The smallest absolute Gasteiger partial charge is 0.376 e. The number of rotatable bonds is 11. The zero-order valence-electron chi connectivity index (χ0n) is 21.8. The Labute approximate surface area is 214 Å². The Balaban J connectivity index is 1.43. The van der Waals surface area contributed by atoms with Crippen LogP contribution in [0.1, 0.15) is 70.8 Å². The number of ether oxygens (including phenoxy) is 1. The van der Waals surface area contributed by atoms with Gasteiger partial charge in [0.05, 0.1) is 7.11 Å². The summed E-state index contributed by atoms with van der Waals surface area (Å²) >= 11 is 0. The second-order valence-electron chi connectivity index (χ2n) is 12.0. The molecule has 0 spiro atoms. The van der Waals surface area contributed by atoms with Crippen molar-refractivity contribution in [2.75, 3.05) is 7.11 Å². The topological polar surface area (TPSA) is 102 Å². The molecule has 36 heavy (non-hydrogen) atoms. The Kier molecular flexibility index (Phi) is 8.16. The molecule has 196 valence electrons. The van der Waals surface area contributed by atoms with E-state index in [1.54, 1.807) is 0 Å². The first-order valence-electron chi connectivity index (χ1n) is 13.4. The van der Waals surface area contributed by atoms with Gasteiger partial charge in [-0.2, -0.15) is 0 Å². The number of nitrogens with one attached hydrogen (secondary N) is 2. The van der Waals surface area contributed by atoms with Crippen LogP contribution in [0.5, 0.6) is 0 Å². The monoisotopic (exact) mass is 496 g/mol. The van der Waals surface area contributed by atoms with Crippen molar-refractivity contribution < 1.29 is 23.9 Å². The molecule has 4 bridgehead atoms. The molecular weight excluding hydrogens is 456 g/mol. The second-order valence-corrected chi connectivity index (χ2v) is 12.0. The molecule has 4 aliphatic rings. The second kappa shape index (κ2) is 11.1. The SMILES string of the molecule is COC(=O)C(=O)[C@H](Cc1ccccc1)NC(=O)[C@H](CC(C)C)NC(=O)CC12CC3CC(CC(C3)C1)C2. The molecule has 0 saturated heterocycles. The molecule has 0 aromatic heterocycles. The molecule has 1 aromatic carbocycles. The molecule has 2 atom stereocenters. The van der Waals surface area contributed by atoms with Crippen molar-refractivity contribution in [3.8, 4) is 0 Å². The van der Waals surface area contributed by atoms with E-state index in [2.05, 4.69) is 15.4 Å². The maximum atomic E-state index is 13.4. The van der Waals surface area contributed by atoms with Crippen LogP contribution in [0, 0.1) is 29.1 Å². The number of methoxy groups -OCH3 is 1. The molecule has 4 saturated carbocycles. The van der Waals surface area contributed by atoms with E-state index in [4.69, 9.17) is 0 Å². The Hall–Kier alpha value is -2.70. The lowest BCUT2D eigenvalue weighted by atomic mass is 9.49. The summed E-state index contributed by atoms with van der Waals surface area (Å²) in [5.74, 6) is 0.0768. The number of ketones is 1. The van der Waals surface area contributed by atoms with E-state index in [1.807, 2.05) is 44.2 Å². The maximum Gasteiger partial charge on any atom is 0.376 e. The fourth-order valence-corrected chi connectivity index (χ4v) is 7.37. The lowest BCUT2D eigenvalue weighted by Crippen LogP contribution is -2.55. The van der Waals surface area contributed by atoms with Crippen molar-refractivity contribution in [3.63, 3.8) is 0 Å². The molecule has 0 radical (unpaired) electrons. The third-order valence-electron chi connectivity index (χ3n) is 8.36. The number of Topliss-reactive ketones (excluding diaryl/α,β-unsaturated/α-hetero) is 1. The van der Waals surface area contributed by atoms with E-state index in [0.29, 0.717) is 12.8 Å². The van der Waals surface area contributed by atoms with Gasteiger partial charge in [-0.3, -0.25) is 14.4 Å². The van der Waals surface area contributed by atoms with Crippen molar-refractivity contribution >= 4 is 23.6 Å². The highest BCUT2D eigenvalue weighted by Gasteiger charge is 2.51. The summed E-state index contributed by atoms with van der Waals surface area (Å²) in [6.07, 6.45) is 8.40. The molecule has 0 heterocycles. The van der Waals surface area contributed by atoms with Gasteiger partial charge in [-0.1, -0.05) is 44.2 Å². The Bertz CT molecular complexity index is 938. The lowest BCUT2D eigenvalue weighted by molar-refractivity contribution is -0.153. The minimum Gasteiger partial charge on any atom is -0.463 e. The fraction of sp³-hybridized carbons (Fsp3) is 0.655. The zero-order valence-corrected chi connectivity index (χ0v) is 21.8. The molecule has 5 rings (SSSR count). The van der Waals surface area contributed by atoms with Crippen molar-refractivity contribution in [2.24, 2.45) is 29.1 Å². The van der Waals surface area contributed by atoms with Crippen LogP contribution in [0.25, 0.3) is 0 Å². The van der Waals surface area contributed by atoms with Gasteiger partial charge in [0.2, 0.25) is 11.8 Å². The van der Waals surface area contributed by atoms with E-state index in [9.17, 15) is 19.2 Å². The summed E-state index contributed by atoms with van der Waals surface area (Å²) in [6.45, 7) is 3.99. The number of hydrogen-bond donors (Lipinski definition) is 2. The van der Waals surface area contributed by atoms with Gasteiger partial charge in [-0.05, 0) is 79.6 Å². The van der Waals surface area contributed by atoms with Gasteiger partial charge in [0.15, 0.2) is 0 Å². The van der Waals surface area contributed by atoms with Gasteiger partial charge in [0, 0.05) is 12.8 Å². The predicted octanol–water partition coefficient (Wildman–Crippen LogP) is 3.59. The molecule has 2 N–H and O–H groups in total. The third kappa shape index (κ3) is 6.34. The number of esters is 1. The van der Waals surface area contributed by atoms with E-state index in [-0.39, 0.29) is 23.7 Å². The highest BCUT2D eigenvalue weighted by Crippen LogP contribution is 2.61. The quantitative estimate of drug-likeness (QED) is 0.360. The number of carbonyl (C=O) groups is 4. The molecule has 1 aromatic rings.